The Labute approximate surface area is 116 Å². The molecule has 0 radical (unpaired) electrons. The van der Waals surface area contributed by atoms with Gasteiger partial charge in [-0.05, 0) is 20.8 Å². The Morgan fingerprint density at radius 3 is 1.20 bits per heavy atom. The Hall–Kier alpha value is -1.30. The first-order chi connectivity index (χ1) is 9.13. The predicted molar refractivity (Wildman–Crippen MR) is 64.6 cm³/mol. The number of nitrogens with zero attached hydrogens (tertiary/aromatic N) is 1. The van der Waals surface area contributed by atoms with Crippen LogP contribution in [0.15, 0.2) is 0 Å². The smallest absolute Gasteiger partial charge is 0.402 e. The van der Waals surface area contributed by atoms with Crippen molar-refractivity contribution in [3.05, 3.63) is 0 Å². The van der Waals surface area contributed by atoms with Gasteiger partial charge in [0.15, 0.2) is 0 Å². The van der Waals surface area contributed by atoms with Crippen LogP contribution < -0.4 is 0 Å². The summed E-state index contributed by atoms with van der Waals surface area (Å²) in [5, 5.41) is 21.5. The lowest BCUT2D eigenvalue weighted by molar-refractivity contribution is -0.904. The molecule has 0 aliphatic rings. The average Bonchev–Trinajstić information content (AvgIpc) is 2.44. The first-order valence-electron chi connectivity index (χ1n) is 5.67. The number of hydrogen-bond donors (Lipinski definition) is 3. The number of carbonyl (C=O) groups is 2. The Balaban J connectivity index is -0.000000230. The van der Waals surface area contributed by atoms with E-state index in [1.165, 1.54) is 24.1 Å². The van der Waals surface area contributed by atoms with E-state index in [-0.39, 0.29) is 0 Å². The van der Waals surface area contributed by atoms with Crippen molar-refractivity contribution in [2.75, 3.05) is 26.7 Å². The third kappa shape index (κ3) is 16.7. The van der Waals surface area contributed by atoms with E-state index in [0.717, 1.165) is 0 Å². The van der Waals surface area contributed by atoms with Gasteiger partial charge in [-0.25, -0.2) is 19.5 Å². The molecule has 0 bridgehead atoms. The minimum atomic E-state index is -2.17. The van der Waals surface area contributed by atoms with Gasteiger partial charge in [-0.3, -0.25) is 0 Å². The second-order valence-electron chi connectivity index (χ2n) is 3.64. The van der Waals surface area contributed by atoms with E-state index in [1.54, 1.807) is 0 Å². The highest BCUT2D eigenvalue weighted by atomic mass is 19.3. The summed E-state index contributed by atoms with van der Waals surface area (Å²) >= 11 is 0. The van der Waals surface area contributed by atoms with Gasteiger partial charge in [0.05, 0.1) is 26.7 Å². The van der Waals surface area contributed by atoms with Gasteiger partial charge < -0.3 is 19.6 Å². The number of halogens is 2. The molecule has 120 valence electrons. The predicted octanol–water partition coefficient (Wildman–Crippen LogP) is -0.717. The Morgan fingerprint density at radius 2 is 1.15 bits per heavy atom. The molecule has 8 nitrogen and oxygen atoms in total. The van der Waals surface area contributed by atoms with E-state index in [2.05, 4.69) is 37.7 Å². The Morgan fingerprint density at radius 1 is 0.950 bits per heavy atom. The summed E-state index contributed by atoms with van der Waals surface area (Å²) in [7, 11) is 0.125. The summed E-state index contributed by atoms with van der Waals surface area (Å²) in [5.41, 5.74) is 0. The van der Waals surface area contributed by atoms with Crippen LogP contribution in [-0.4, -0.2) is 65.5 Å². The minimum absolute atomic E-state index is 1.21. The molecule has 20 heavy (non-hydrogen) atoms. The summed E-state index contributed by atoms with van der Waals surface area (Å²) in [6.07, 6.45) is 0. The van der Waals surface area contributed by atoms with Crippen molar-refractivity contribution < 1.29 is 48.1 Å². The van der Waals surface area contributed by atoms with Gasteiger partial charge in [-0.15, -0.1) is 0 Å². The maximum atomic E-state index is 10.5. The molecule has 11 heteroatoms. The van der Waals surface area contributed by atoms with Crippen LogP contribution in [0, 0.1) is 0 Å². The summed E-state index contributed by atoms with van der Waals surface area (Å²) < 4.78 is 22.2. The summed E-state index contributed by atoms with van der Waals surface area (Å²) in [6, 6.07) is 0. The molecule has 3 N–H and O–H groups in total. The quantitative estimate of drug-likeness (QED) is 0.358. The zero-order chi connectivity index (χ0) is 16.8. The van der Waals surface area contributed by atoms with E-state index in [4.69, 9.17) is 15.1 Å². The highest BCUT2D eigenvalue weighted by Crippen LogP contribution is 1.97. The van der Waals surface area contributed by atoms with Crippen LogP contribution in [-0.2, 0) is 19.5 Å². The lowest BCUT2D eigenvalue weighted by Gasteiger charge is -2.30. The van der Waals surface area contributed by atoms with Gasteiger partial charge in [0.2, 0.25) is 0 Å². The molecule has 0 aromatic carbocycles. The first kappa shape index (κ1) is 23.8. The van der Waals surface area contributed by atoms with Crippen LogP contribution in [0.25, 0.3) is 0 Å². The fourth-order valence-corrected chi connectivity index (χ4v) is 0.734. The molecule has 0 atom stereocenters. The second kappa shape index (κ2) is 14.1. The van der Waals surface area contributed by atoms with Gasteiger partial charge in [0.1, 0.15) is 0 Å². The van der Waals surface area contributed by atoms with Crippen molar-refractivity contribution >= 4 is 19.3 Å². The number of quaternary nitrogens is 1. The minimum Gasteiger partial charge on any atom is -0.402 e. The lowest BCUT2D eigenvalue weighted by Crippen LogP contribution is -2.42. The monoisotopic (exact) mass is 304 g/mol. The highest BCUT2D eigenvalue weighted by molar-refractivity contribution is 6.30. The third-order valence-corrected chi connectivity index (χ3v) is 2.60. The highest BCUT2D eigenvalue weighted by Gasteiger charge is 2.18. The van der Waals surface area contributed by atoms with Gasteiger partial charge >= 0.3 is 19.3 Å². The first-order valence-corrected chi connectivity index (χ1v) is 5.67. The molecular weight excluding hydrogens is 283 g/mol. The molecule has 0 aromatic rings. The van der Waals surface area contributed by atoms with Crippen molar-refractivity contribution in [2.45, 2.75) is 20.8 Å². The number of carbonyl (C=O) groups excluding carboxylic acids is 2. The van der Waals surface area contributed by atoms with E-state index < -0.39 is 19.3 Å². The van der Waals surface area contributed by atoms with Crippen LogP contribution in [0.3, 0.4) is 0 Å². The number of hydrogen-bond acceptors (Lipinski definition) is 7. The maximum Gasteiger partial charge on any atom is 0.631 e. The van der Waals surface area contributed by atoms with Crippen LogP contribution >= 0.6 is 0 Å². The zero-order valence-electron chi connectivity index (χ0n) is 11.9. The molecule has 0 saturated carbocycles. The second-order valence-corrected chi connectivity index (χ2v) is 3.64. The molecule has 0 amide bonds. The van der Waals surface area contributed by atoms with Crippen LogP contribution in [0.1, 0.15) is 20.8 Å². The van der Waals surface area contributed by atoms with Gasteiger partial charge in [0, 0.05) is 9.05 Å². The van der Waals surface area contributed by atoms with Crippen molar-refractivity contribution in [1.82, 2.24) is 0 Å². The Bertz CT molecular complexity index is 240. The number of rotatable bonds is 3. The van der Waals surface area contributed by atoms with Crippen molar-refractivity contribution in [2.24, 2.45) is 0 Å². The Kier molecular flexibility index (Phi) is 16.8. The standard InChI is InChI=1S/C7H18N.C2F2O4.BH3O3/c1-5-8(4,6-2)7-3;3-7-1(5)2(6)8-4;2-1(3)4/h5-7H2,1-4H3;;2-4H/q+1;;. The van der Waals surface area contributed by atoms with Crippen molar-refractivity contribution in [3.8, 4) is 0 Å². The molecule has 0 heterocycles. The third-order valence-electron chi connectivity index (χ3n) is 2.60. The molecule has 0 aromatic heterocycles. The fourth-order valence-electron chi connectivity index (χ4n) is 0.734. The zero-order valence-corrected chi connectivity index (χ0v) is 11.9. The topological polar surface area (TPSA) is 113 Å². The van der Waals surface area contributed by atoms with Crippen molar-refractivity contribution in [1.29, 1.82) is 0 Å². The van der Waals surface area contributed by atoms with Crippen molar-refractivity contribution in [3.63, 3.8) is 0 Å². The molecular formula is C9H21BF2NO7+. The summed E-state index contributed by atoms with van der Waals surface area (Å²) in [4.78, 5) is 23.4. The van der Waals surface area contributed by atoms with E-state index in [1.807, 2.05) is 0 Å². The summed E-state index contributed by atoms with van der Waals surface area (Å²) in [6.45, 7) is 10.5. The van der Waals surface area contributed by atoms with E-state index in [9.17, 15) is 18.6 Å². The lowest BCUT2D eigenvalue weighted by atomic mass is 10.3. The van der Waals surface area contributed by atoms with Gasteiger partial charge in [-0.1, -0.05) is 0 Å². The molecule has 0 fully saturated rings. The molecule has 0 aliphatic carbocycles. The van der Waals surface area contributed by atoms with Crippen LogP contribution in [0.4, 0.5) is 9.05 Å². The maximum absolute atomic E-state index is 10.5. The molecule has 0 aliphatic heterocycles. The molecule has 0 rings (SSSR count). The van der Waals surface area contributed by atoms with Gasteiger partial charge in [-0.2, -0.15) is 0 Å². The SMILES string of the molecule is CC[N+](C)(CC)CC.O=C(OF)C(=O)OF.OB(O)O. The van der Waals surface area contributed by atoms with Crippen LogP contribution in [0.5, 0.6) is 0 Å². The molecule has 0 spiro atoms. The largest absolute Gasteiger partial charge is 0.631 e. The summed E-state index contributed by atoms with van der Waals surface area (Å²) in [5.74, 6) is -4.04. The van der Waals surface area contributed by atoms with E-state index in [0.29, 0.717) is 0 Å². The average molecular weight is 304 g/mol. The van der Waals surface area contributed by atoms with Gasteiger partial charge in [0.25, 0.3) is 0 Å². The molecule has 0 unspecified atom stereocenters. The van der Waals surface area contributed by atoms with Crippen LogP contribution in [0.2, 0.25) is 0 Å². The molecule has 0 saturated heterocycles. The van der Waals surface area contributed by atoms with E-state index >= 15 is 0 Å². The fraction of sp³-hybridized carbons (Fsp3) is 0.778. The normalized spacial score (nSPS) is 9.25.